The summed E-state index contributed by atoms with van der Waals surface area (Å²) < 4.78 is 0. The lowest BCUT2D eigenvalue weighted by Gasteiger charge is -2.19. The van der Waals surface area contributed by atoms with Gasteiger partial charge in [-0.3, -0.25) is 9.78 Å². The van der Waals surface area contributed by atoms with Gasteiger partial charge in [-0.15, -0.1) is 0 Å². The molecular weight excluding hydrogens is 346 g/mol. The highest BCUT2D eigenvalue weighted by Crippen LogP contribution is 2.17. The van der Waals surface area contributed by atoms with Crippen molar-refractivity contribution < 1.29 is 4.79 Å². The summed E-state index contributed by atoms with van der Waals surface area (Å²) in [5.41, 5.74) is 3.40. The van der Waals surface area contributed by atoms with Gasteiger partial charge in [0.15, 0.2) is 0 Å². The first-order valence-corrected chi connectivity index (χ1v) is 8.74. The molecule has 0 bridgehead atoms. The van der Waals surface area contributed by atoms with Crippen molar-refractivity contribution >= 4 is 23.2 Å². The van der Waals surface area contributed by atoms with Crippen LogP contribution in [0.5, 0.6) is 0 Å². The first-order chi connectivity index (χ1) is 12.6. The number of hydrogen-bond acceptors (Lipinski definition) is 3. The number of carbonyl (C=O) groups excluding carboxylic acids is 1. The van der Waals surface area contributed by atoms with Gasteiger partial charge in [0.05, 0.1) is 0 Å². The van der Waals surface area contributed by atoms with Gasteiger partial charge in [0.2, 0.25) is 0 Å². The van der Waals surface area contributed by atoms with Gasteiger partial charge < -0.3 is 10.2 Å². The number of hydrogen-bond donors (Lipinski definition) is 1. The SMILES string of the molecule is CN(Cc1ccccc1)c1ccnc(C(=O)NCc2ccccc2Cl)c1. The largest absolute Gasteiger partial charge is 0.370 e. The van der Waals surface area contributed by atoms with E-state index in [-0.39, 0.29) is 5.91 Å². The Morgan fingerprint density at radius 2 is 1.81 bits per heavy atom. The standard InChI is InChI=1S/C21H20ClN3O/c1-25(15-16-7-3-2-4-8-16)18-11-12-23-20(13-18)21(26)24-14-17-9-5-6-10-19(17)22/h2-13H,14-15H2,1H3,(H,24,26). The van der Waals surface area contributed by atoms with E-state index in [4.69, 9.17) is 11.6 Å². The Hall–Kier alpha value is -2.85. The average Bonchev–Trinajstić information content (AvgIpc) is 2.68. The predicted molar refractivity (Wildman–Crippen MR) is 105 cm³/mol. The molecule has 26 heavy (non-hydrogen) atoms. The van der Waals surface area contributed by atoms with Crippen molar-refractivity contribution in [3.63, 3.8) is 0 Å². The van der Waals surface area contributed by atoms with E-state index < -0.39 is 0 Å². The van der Waals surface area contributed by atoms with E-state index in [1.54, 1.807) is 18.3 Å². The van der Waals surface area contributed by atoms with Gasteiger partial charge in [-0.2, -0.15) is 0 Å². The number of aromatic nitrogens is 1. The molecule has 1 heterocycles. The van der Waals surface area contributed by atoms with Crippen molar-refractivity contribution in [3.8, 4) is 0 Å². The van der Waals surface area contributed by atoms with Crippen molar-refractivity contribution in [1.29, 1.82) is 0 Å². The molecule has 1 amide bonds. The number of amides is 1. The summed E-state index contributed by atoms with van der Waals surface area (Å²) >= 11 is 6.12. The van der Waals surface area contributed by atoms with E-state index in [9.17, 15) is 4.79 Å². The third-order valence-electron chi connectivity index (χ3n) is 4.08. The summed E-state index contributed by atoms with van der Waals surface area (Å²) in [5, 5.41) is 3.50. The van der Waals surface area contributed by atoms with Crippen LogP contribution in [-0.2, 0) is 13.1 Å². The highest BCUT2D eigenvalue weighted by molar-refractivity contribution is 6.31. The zero-order valence-corrected chi connectivity index (χ0v) is 15.3. The first kappa shape index (κ1) is 18.0. The Labute approximate surface area is 158 Å². The zero-order chi connectivity index (χ0) is 18.4. The van der Waals surface area contributed by atoms with Gasteiger partial charge in [0.1, 0.15) is 5.69 Å². The number of rotatable bonds is 6. The van der Waals surface area contributed by atoms with E-state index in [0.717, 1.165) is 17.8 Å². The van der Waals surface area contributed by atoms with E-state index in [0.29, 0.717) is 17.3 Å². The van der Waals surface area contributed by atoms with E-state index in [1.807, 2.05) is 49.5 Å². The lowest BCUT2D eigenvalue weighted by molar-refractivity contribution is 0.0946. The van der Waals surface area contributed by atoms with Crippen LogP contribution in [0.15, 0.2) is 72.9 Å². The van der Waals surface area contributed by atoms with Crippen molar-refractivity contribution in [2.24, 2.45) is 0 Å². The molecule has 3 aromatic rings. The van der Waals surface area contributed by atoms with Crippen LogP contribution in [0.2, 0.25) is 5.02 Å². The number of halogens is 1. The first-order valence-electron chi connectivity index (χ1n) is 8.36. The van der Waals surface area contributed by atoms with Crippen LogP contribution in [0.4, 0.5) is 5.69 Å². The summed E-state index contributed by atoms with van der Waals surface area (Å²) in [7, 11) is 1.99. The Balaban J connectivity index is 1.66. The molecule has 0 aliphatic carbocycles. The molecule has 0 spiro atoms. The molecule has 5 heteroatoms. The van der Waals surface area contributed by atoms with Crippen LogP contribution in [0, 0.1) is 0 Å². The quantitative estimate of drug-likeness (QED) is 0.708. The molecule has 1 aromatic heterocycles. The second-order valence-electron chi connectivity index (χ2n) is 6.02. The predicted octanol–water partition coefficient (Wildman–Crippen LogP) is 4.30. The molecule has 0 saturated carbocycles. The lowest BCUT2D eigenvalue weighted by atomic mass is 10.2. The highest BCUT2D eigenvalue weighted by Gasteiger charge is 2.11. The molecule has 2 aromatic carbocycles. The minimum Gasteiger partial charge on any atom is -0.370 e. The molecule has 0 fully saturated rings. The molecule has 0 unspecified atom stereocenters. The van der Waals surface area contributed by atoms with Gasteiger partial charge in [-0.05, 0) is 29.3 Å². The average molecular weight is 366 g/mol. The van der Waals surface area contributed by atoms with Crippen LogP contribution in [-0.4, -0.2) is 17.9 Å². The molecule has 4 nitrogen and oxygen atoms in total. The molecule has 0 aliphatic heterocycles. The van der Waals surface area contributed by atoms with E-state index in [1.165, 1.54) is 5.56 Å². The summed E-state index contributed by atoms with van der Waals surface area (Å²) in [4.78, 5) is 18.7. The van der Waals surface area contributed by atoms with Crippen molar-refractivity contribution in [3.05, 3.63) is 94.8 Å². The van der Waals surface area contributed by atoms with Gasteiger partial charge in [0.25, 0.3) is 5.91 Å². The lowest BCUT2D eigenvalue weighted by Crippen LogP contribution is -2.24. The number of pyridine rings is 1. The molecule has 0 saturated heterocycles. The third kappa shape index (κ3) is 4.61. The van der Waals surface area contributed by atoms with Crippen molar-refractivity contribution in [2.45, 2.75) is 13.1 Å². The second-order valence-corrected chi connectivity index (χ2v) is 6.42. The van der Waals surface area contributed by atoms with E-state index in [2.05, 4.69) is 27.3 Å². The molecule has 3 rings (SSSR count). The molecule has 0 atom stereocenters. The Bertz CT molecular complexity index is 883. The Kier molecular flexibility index (Phi) is 5.87. The maximum absolute atomic E-state index is 12.4. The maximum Gasteiger partial charge on any atom is 0.270 e. The van der Waals surface area contributed by atoms with Gasteiger partial charge in [-0.25, -0.2) is 0 Å². The molecular formula is C21H20ClN3O. The van der Waals surface area contributed by atoms with Crippen LogP contribution >= 0.6 is 11.6 Å². The monoisotopic (exact) mass is 365 g/mol. The summed E-state index contributed by atoms with van der Waals surface area (Å²) in [5.74, 6) is -0.222. The normalized spacial score (nSPS) is 10.4. The van der Waals surface area contributed by atoms with Crippen LogP contribution in [0.1, 0.15) is 21.6 Å². The van der Waals surface area contributed by atoms with Crippen molar-refractivity contribution in [2.75, 3.05) is 11.9 Å². The van der Waals surface area contributed by atoms with E-state index >= 15 is 0 Å². The Morgan fingerprint density at radius 3 is 2.58 bits per heavy atom. The molecule has 0 aliphatic rings. The number of anilines is 1. The summed E-state index contributed by atoms with van der Waals surface area (Å²) in [6, 6.07) is 21.3. The fourth-order valence-electron chi connectivity index (χ4n) is 2.64. The van der Waals surface area contributed by atoms with Gasteiger partial charge in [0, 0.05) is 37.0 Å². The van der Waals surface area contributed by atoms with Crippen LogP contribution in [0.3, 0.4) is 0 Å². The Morgan fingerprint density at radius 1 is 1.08 bits per heavy atom. The van der Waals surface area contributed by atoms with Crippen molar-refractivity contribution in [1.82, 2.24) is 10.3 Å². The summed E-state index contributed by atoms with van der Waals surface area (Å²) in [6.45, 7) is 1.12. The number of nitrogens with one attached hydrogen (secondary N) is 1. The smallest absolute Gasteiger partial charge is 0.270 e. The molecule has 132 valence electrons. The van der Waals surface area contributed by atoms with Crippen LogP contribution in [0.25, 0.3) is 0 Å². The number of carbonyl (C=O) groups is 1. The minimum atomic E-state index is -0.222. The molecule has 0 radical (unpaired) electrons. The third-order valence-corrected chi connectivity index (χ3v) is 4.45. The minimum absolute atomic E-state index is 0.222. The second kappa shape index (κ2) is 8.50. The fourth-order valence-corrected chi connectivity index (χ4v) is 2.84. The van der Waals surface area contributed by atoms with Gasteiger partial charge in [-0.1, -0.05) is 60.1 Å². The highest BCUT2D eigenvalue weighted by atomic mass is 35.5. The fraction of sp³-hybridized carbons (Fsp3) is 0.143. The topological polar surface area (TPSA) is 45.2 Å². The summed E-state index contributed by atoms with van der Waals surface area (Å²) in [6.07, 6.45) is 1.65. The van der Waals surface area contributed by atoms with Crippen LogP contribution < -0.4 is 10.2 Å². The van der Waals surface area contributed by atoms with Gasteiger partial charge >= 0.3 is 0 Å². The number of benzene rings is 2. The maximum atomic E-state index is 12.4. The molecule has 1 N–H and O–H groups in total. The zero-order valence-electron chi connectivity index (χ0n) is 14.5. The number of nitrogens with zero attached hydrogens (tertiary/aromatic N) is 2.